The molecule has 0 fully saturated rings. The third-order valence-electron chi connectivity index (χ3n) is 5.09. The Kier molecular flexibility index (Phi) is 7.65. The second-order valence-corrected chi connectivity index (χ2v) is 8.37. The maximum atomic E-state index is 11.6. The number of ether oxygens (including phenoxy) is 1. The molecule has 1 heterocycles. The number of methoxy groups -OCH3 is 1. The van der Waals surface area contributed by atoms with E-state index in [1.165, 1.54) is 17.6 Å². The van der Waals surface area contributed by atoms with Crippen LogP contribution in [0.5, 0.6) is 0 Å². The number of esters is 1. The zero-order chi connectivity index (χ0) is 21.5. The quantitative estimate of drug-likeness (QED) is 0.422. The van der Waals surface area contributed by atoms with Gasteiger partial charge in [0.05, 0.1) is 33.3 Å². The molecule has 0 saturated heterocycles. The van der Waals surface area contributed by atoms with Crippen LogP contribution >= 0.6 is 11.8 Å². The normalized spacial score (nSPS) is 12.2. The van der Waals surface area contributed by atoms with E-state index >= 15 is 0 Å². The van der Waals surface area contributed by atoms with E-state index in [0.29, 0.717) is 5.56 Å². The lowest BCUT2D eigenvalue weighted by atomic mass is 10.1. The van der Waals surface area contributed by atoms with Gasteiger partial charge in [0, 0.05) is 12.2 Å². The number of hydrogen-bond acceptors (Lipinski definition) is 5. The number of nitrogens with one attached hydrogen (secondary N) is 1. The molecule has 1 atom stereocenters. The van der Waals surface area contributed by atoms with Crippen molar-refractivity contribution in [3.05, 3.63) is 77.1 Å². The topological polar surface area (TPSA) is 61.4 Å². The number of benzene rings is 2. The van der Waals surface area contributed by atoms with Crippen LogP contribution in [0.2, 0.25) is 0 Å². The average molecular weight is 426 g/mol. The van der Waals surface area contributed by atoms with Gasteiger partial charge in [0.25, 0.3) is 0 Å². The van der Waals surface area contributed by atoms with Crippen molar-refractivity contribution in [2.75, 3.05) is 21.2 Å². The highest BCUT2D eigenvalue weighted by Gasteiger charge is 2.25. The van der Waals surface area contributed by atoms with Crippen LogP contribution in [0.4, 0.5) is 0 Å². The minimum absolute atomic E-state index is 0.287. The van der Waals surface area contributed by atoms with Gasteiger partial charge in [-0.2, -0.15) is 0 Å². The molecule has 0 aliphatic rings. The van der Waals surface area contributed by atoms with Gasteiger partial charge in [-0.15, -0.1) is 10.2 Å². The van der Waals surface area contributed by atoms with Crippen LogP contribution in [0.25, 0.3) is 0 Å². The molecule has 0 spiro atoms. The summed E-state index contributed by atoms with van der Waals surface area (Å²) >= 11 is 1.66. The highest BCUT2D eigenvalue weighted by molar-refractivity contribution is 7.98. The number of thioether (sulfide) groups is 1. The van der Waals surface area contributed by atoms with Crippen LogP contribution in [0, 0.1) is 0 Å². The Morgan fingerprint density at radius 3 is 2.37 bits per heavy atom. The predicted octanol–water partition coefficient (Wildman–Crippen LogP) is 3.00. The molecule has 1 N–H and O–H groups in total. The maximum Gasteiger partial charge on any atom is 0.337 e. The van der Waals surface area contributed by atoms with E-state index < -0.39 is 0 Å². The second kappa shape index (κ2) is 10.4. The van der Waals surface area contributed by atoms with Gasteiger partial charge in [0.2, 0.25) is 0 Å². The SMILES string of the molecule is CC[C@H](c1nnc(SCc2ccc(C(=O)OC)cc2)n1Cc1ccccc1)[NH+](C)C. The molecule has 0 aliphatic carbocycles. The number of carbonyl (C=O) groups excluding carboxylic acids is 1. The van der Waals surface area contributed by atoms with Crippen LogP contribution in [-0.4, -0.2) is 41.9 Å². The van der Waals surface area contributed by atoms with Crippen molar-refractivity contribution in [2.45, 2.75) is 36.8 Å². The minimum atomic E-state index is -0.321. The summed E-state index contributed by atoms with van der Waals surface area (Å²) in [6, 6.07) is 18.2. The third kappa shape index (κ3) is 5.29. The Balaban J connectivity index is 1.83. The number of rotatable bonds is 9. The largest absolute Gasteiger partial charge is 0.465 e. The molecule has 6 nitrogen and oxygen atoms in total. The first-order valence-corrected chi connectivity index (χ1v) is 11.1. The Bertz CT molecular complexity index is 955. The van der Waals surface area contributed by atoms with Gasteiger partial charge in [0.1, 0.15) is 6.04 Å². The van der Waals surface area contributed by atoms with E-state index in [4.69, 9.17) is 4.74 Å². The van der Waals surface area contributed by atoms with Crippen LogP contribution in [-0.2, 0) is 17.0 Å². The standard InChI is InChI=1S/C23H28N4O2S/c1-5-20(26(2)3)21-24-25-23(27(21)15-17-9-7-6-8-10-17)30-16-18-11-13-19(14-12-18)22(28)29-4/h6-14,20H,5,15-16H2,1-4H3/p+1/t20-/m1/s1. The fraction of sp³-hybridized carbons (Fsp3) is 0.348. The molecule has 1 aromatic heterocycles. The lowest BCUT2D eigenvalue weighted by Gasteiger charge is -2.20. The Morgan fingerprint density at radius 2 is 1.77 bits per heavy atom. The van der Waals surface area contributed by atoms with E-state index in [0.717, 1.165) is 35.3 Å². The summed E-state index contributed by atoms with van der Waals surface area (Å²) in [5.41, 5.74) is 2.90. The molecule has 30 heavy (non-hydrogen) atoms. The minimum Gasteiger partial charge on any atom is -0.465 e. The zero-order valence-electron chi connectivity index (χ0n) is 18.0. The van der Waals surface area contributed by atoms with E-state index in [2.05, 4.69) is 60.0 Å². The molecule has 3 rings (SSSR count). The predicted molar refractivity (Wildman–Crippen MR) is 119 cm³/mol. The van der Waals surface area contributed by atoms with Crippen LogP contribution in [0.3, 0.4) is 0 Å². The Hall–Kier alpha value is -2.64. The van der Waals surface area contributed by atoms with Gasteiger partial charge in [-0.3, -0.25) is 4.57 Å². The smallest absolute Gasteiger partial charge is 0.337 e. The number of aromatic nitrogens is 3. The first kappa shape index (κ1) is 22.1. The van der Waals surface area contributed by atoms with Crippen molar-refractivity contribution >= 4 is 17.7 Å². The van der Waals surface area contributed by atoms with Crippen LogP contribution < -0.4 is 4.90 Å². The molecule has 0 saturated carbocycles. The summed E-state index contributed by atoms with van der Waals surface area (Å²) in [5.74, 6) is 1.45. The van der Waals surface area contributed by atoms with Gasteiger partial charge in [0.15, 0.2) is 11.0 Å². The Labute approximate surface area is 182 Å². The van der Waals surface area contributed by atoms with E-state index in [1.54, 1.807) is 23.9 Å². The van der Waals surface area contributed by atoms with Gasteiger partial charge in [-0.05, 0) is 23.3 Å². The van der Waals surface area contributed by atoms with E-state index in [9.17, 15) is 4.79 Å². The molecule has 0 bridgehead atoms. The van der Waals surface area contributed by atoms with E-state index in [1.807, 2.05) is 18.2 Å². The molecule has 7 heteroatoms. The van der Waals surface area contributed by atoms with Crippen molar-refractivity contribution < 1.29 is 14.4 Å². The molecule has 0 aliphatic heterocycles. The monoisotopic (exact) mass is 425 g/mol. The fourth-order valence-corrected chi connectivity index (χ4v) is 4.33. The van der Waals surface area contributed by atoms with Crippen LogP contribution in [0.1, 0.15) is 46.7 Å². The number of quaternary nitrogens is 1. The highest BCUT2D eigenvalue weighted by atomic mass is 32.2. The summed E-state index contributed by atoms with van der Waals surface area (Å²) in [6.07, 6.45) is 0.995. The van der Waals surface area contributed by atoms with Gasteiger partial charge >= 0.3 is 5.97 Å². The molecule has 2 aromatic carbocycles. The van der Waals surface area contributed by atoms with Crippen molar-refractivity contribution in [1.29, 1.82) is 0 Å². The van der Waals surface area contributed by atoms with Gasteiger partial charge in [-0.25, -0.2) is 4.79 Å². The van der Waals surface area contributed by atoms with E-state index in [-0.39, 0.29) is 12.0 Å². The van der Waals surface area contributed by atoms with Crippen molar-refractivity contribution in [3.63, 3.8) is 0 Å². The first-order valence-electron chi connectivity index (χ1n) is 10.1. The molecule has 0 amide bonds. The van der Waals surface area contributed by atoms with Crippen LogP contribution in [0.15, 0.2) is 59.8 Å². The summed E-state index contributed by atoms with van der Waals surface area (Å²) in [4.78, 5) is 13.0. The van der Waals surface area contributed by atoms with Gasteiger partial charge < -0.3 is 9.64 Å². The molecular formula is C23H29N4O2S+. The molecular weight excluding hydrogens is 396 g/mol. The van der Waals surface area contributed by atoms with Crippen molar-refractivity contribution in [1.82, 2.24) is 14.8 Å². The number of hydrogen-bond donors (Lipinski definition) is 1. The average Bonchev–Trinajstić information content (AvgIpc) is 3.15. The first-order chi connectivity index (χ1) is 14.5. The third-order valence-corrected chi connectivity index (χ3v) is 6.13. The summed E-state index contributed by atoms with van der Waals surface area (Å²) in [6.45, 7) is 2.94. The highest BCUT2D eigenvalue weighted by Crippen LogP contribution is 2.25. The molecule has 3 aromatic rings. The summed E-state index contributed by atoms with van der Waals surface area (Å²) < 4.78 is 7.01. The lowest BCUT2D eigenvalue weighted by Crippen LogP contribution is -3.06. The fourth-order valence-electron chi connectivity index (χ4n) is 3.43. The molecule has 0 radical (unpaired) electrons. The molecule has 158 valence electrons. The molecule has 0 unspecified atom stereocenters. The summed E-state index contributed by atoms with van der Waals surface area (Å²) in [7, 11) is 5.71. The lowest BCUT2D eigenvalue weighted by molar-refractivity contribution is -0.893. The number of carbonyl (C=O) groups is 1. The summed E-state index contributed by atoms with van der Waals surface area (Å²) in [5, 5.41) is 10.0. The Morgan fingerprint density at radius 1 is 1.07 bits per heavy atom. The van der Waals surface area contributed by atoms with Crippen molar-refractivity contribution in [3.8, 4) is 0 Å². The van der Waals surface area contributed by atoms with Gasteiger partial charge in [-0.1, -0.05) is 61.2 Å². The van der Waals surface area contributed by atoms with Crippen molar-refractivity contribution in [2.24, 2.45) is 0 Å². The maximum absolute atomic E-state index is 11.6. The zero-order valence-corrected chi connectivity index (χ0v) is 18.8. The number of nitrogens with zero attached hydrogens (tertiary/aromatic N) is 3. The second-order valence-electron chi connectivity index (χ2n) is 7.43.